The van der Waals surface area contributed by atoms with E-state index in [1.807, 2.05) is 0 Å². The maximum atomic E-state index is 3.78. The van der Waals surface area contributed by atoms with Crippen molar-refractivity contribution in [3.05, 3.63) is 35.5 Å². The minimum atomic E-state index is 0.635. The van der Waals surface area contributed by atoms with E-state index in [-0.39, 0.29) is 0 Å². The minimum absolute atomic E-state index is 0.635. The van der Waals surface area contributed by atoms with Crippen LogP contribution in [0.1, 0.15) is 31.0 Å². The molecular weight excluding hydrogens is 258 g/mol. The number of fused-ring (bicyclic) bond motifs is 1. The van der Waals surface area contributed by atoms with Crippen molar-refractivity contribution in [2.45, 2.75) is 39.3 Å². The first-order chi connectivity index (χ1) is 10.2. The maximum Gasteiger partial charge on any atom is 0.0483 e. The van der Waals surface area contributed by atoms with E-state index < -0.39 is 0 Å². The van der Waals surface area contributed by atoms with Crippen LogP contribution in [0.2, 0.25) is 0 Å². The molecule has 0 radical (unpaired) electrons. The molecule has 2 heterocycles. The molecule has 0 saturated carbocycles. The third-order valence-electron chi connectivity index (χ3n) is 5.02. The van der Waals surface area contributed by atoms with E-state index in [9.17, 15) is 0 Å². The lowest BCUT2D eigenvalue weighted by Crippen LogP contribution is -2.45. The van der Waals surface area contributed by atoms with Gasteiger partial charge in [-0.15, -0.1) is 0 Å². The fourth-order valence-corrected chi connectivity index (χ4v) is 3.64. The Balaban J connectivity index is 1.73. The Labute approximate surface area is 127 Å². The molecule has 0 bridgehead atoms. The van der Waals surface area contributed by atoms with Crippen LogP contribution in [0, 0.1) is 6.92 Å². The first kappa shape index (κ1) is 14.6. The largest absolute Gasteiger partial charge is 0.346 e. The van der Waals surface area contributed by atoms with Gasteiger partial charge in [-0.25, -0.2) is 0 Å². The smallest absolute Gasteiger partial charge is 0.0483 e. The highest BCUT2D eigenvalue weighted by atomic mass is 15.2. The second-order valence-corrected chi connectivity index (χ2v) is 6.26. The summed E-state index contributed by atoms with van der Waals surface area (Å²) in [6, 6.07) is 9.33. The Morgan fingerprint density at radius 3 is 2.86 bits per heavy atom. The van der Waals surface area contributed by atoms with Crippen LogP contribution in [-0.4, -0.2) is 35.1 Å². The first-order valence-electron chi connectivity index (χ1n) is 8.19. The van der Waals surface area contributed by atoms with Gasteiger partial charge in [0, 0.05) is 42.8 Å². The highest BCUT2D eigenvalue weighted by molar-refractivity contribution is 5.85. The van der Waals surface area contributed by atoms with Crippen molar-refractivity contribution in [3.63, 3.8) is 0 Å². The molecule has 1 saturated heterocycles. The maximum absolute atomic E-state index is 3.78. The van der Waals surface area contributed by atoms with Gasteiger partial charge in [-0.05, 0) is 44.5 Å². The van der Waals surface area contributed by atoms with Crippen molar-refractivity contribution < 1.29 is 0 Å². The monoisotopic (exact) mass is 285 g/mol. The number of hydrogen-bond donors (Lipinski definition) is 1. The third-order valence-corrected chi connectivity index (χ3v) is 5.02. The van der Waals surface area contributed by atoms with E-state index in [0.29, 0.717) is 6.04 Å². The highest BCUT2D eigenvalue weighted by Gasteiger charge is 2.19. The molecule has 1 fully saturated rings. The van der Waals surface area contributed by atoms with Gasteiger partial charge in [0.15, 0.2) is 0 Å². The highest BCUT2D eigenvalue weighted by Crippen LogP contribution is 2.24. The molecule has 0 aliphatic carbocycles. The van der Waals surface area contributed by atoms with Gasteiger partial charge in [0.05, 0.1) is 0 Å². The second kappa shape index (κ2) is 6.20. The summed E-state index contributed by atoms with van der Waals surface area (Å²) in [5.74, 6) is 0. The Hall–Kier alpha value is -1.32. The summed E-state index contributed by atoms with van der Waals surface area (Å²) >= 11 is 0. The fourth-order valence-electron chi connectivity index (χ4n) is 3.64. The van der Waals surface area contributed by atoms with Gasteiger partial charge >= 0.3 is 0 Å². The average Bonchev–Trinajstić information content (AvgIpc) is 2.78. The molecule has 0 amide bonds. The summed E-state index contributed by atoms with van der Waals surface area (Å²) in [6.07, 6.45) is 2.62. The predicted molar refractivity (Wildman–Crippen MR) is 89.6 cm³/mol. The van der Waals surface area contributed by atoms with Crippen molar-refractivity contribution >= 4 is 10.9 Å². The SMILES string of the molecule is CCN1CCCC(NCc2c(C)c3ccccc3n2C)C1. The number of benzene rings is 1. The molecular formula is C18H27N3. The lowest BCUT2D eigenvalue weighted by Gasteiger charge is -2.32. The number of likely N-dealkylation sites (tertiary alicyclic amines) is 1. The molecule has 21 heavy (non-hydrogen) atoms. The molecule has 114 valence electrons. The Morgan fingerprint density at radius 2 is 2.10 bits per heavy atom. The summed E-state index contributed by atoms with van der Waals surface area (Å²) in [7, 11) is 2.19. The number of nitrogens with zero attached hydrogens (tertiary/aromatic N) is 2. The van der Waals surface area contributed by atoms with Gasteiger partial charge in [0.25, 0.3) is 0 Å². The van der Waals surface area contributed by atoms with E-state index in [1.54, 1.807) is 0 Å². The third kappa shape index (κ3) is 2.85. The topological polar surface area (TPSA) is 20.2 Å². The number of hydrogen-bond acceptors (Lipinski definition) is 2. The minimum Gasteiger partial charge on any atom is -0.346 e. The van der Waals surface area contributed by atoms with E-state index in [1.165, 1.54) is 54.6 Å². The Kier molecular flexibility index (Phi) is 4.32. The fraction of sp³-hybridized carbons (Fsp3) is 0.556. The molecule has 2 aromatic rings. The van der Waals surface area contributed by atoms with Crippen LogP contribution in [0.15, 0.2) is 24.3 Å². The molecule has 1 aromatic heterocycles. The van der Waals surface area contributed by atoms with Crippen molar-refractivity contribution in [2.24, 2.45) is 7.05 Å². The average molecular weight is 285 g/mol. The van der Waals surface area contributed by atoms with Crippen molar-refractivity contribution in [1.82, 2.24) is 14.8 Å². The zero-order valence-electron chi connectivity index (χ0n) is 13.5. The quantitative estimate of drug-likeness (QED) is 0.931. The summed E-state index contributed by atoms with van der Waals surface area (Å²) < 4.78 is 2.35. The lowest BCUT2D eigenvalue weighted by molar-refractivity contribution is 0.198. The van der Waals surface area contributed by atoms with Gasteiger partial charge < -0.3 is 14.8 Å². The second-order valence-electron chi connectivity index (χ2n) is 6.26. The molecule has 1 aliphatic rings. The van der Waals surface area contributed by atoms with Gasteiger partial charge in [-0.2, -0.15) is 0 Å². The summed E-state index contributed by atoms with van der Waals surface area (Å²) in [6.45, 7) is 9.11. The number of nitrogens with one attached hydrogen (secondary N) is 1. The molecule has 3 rings (SSSR count). The zero-order chi connectivity index (χ0) is 14.8. The van der Waals surface area contributed by atoms with Crippen molar-refractivity contribution in [1.29, 1.82) is 0 Å². The predicted octanol–water partition coefficient (Wildman–Crippen LogP) is 3.06. The number of rotatable bonds is 4. The number of para-hydroxylation sites is 1. The van der Waals surface area contributed by atoms with Gasteiger partial charge in [0.1, 0.15) is 0 Å². The van der Waals surface area contributed by atoms with Gasteiger partial charge in [0.2, 0.25) is 0 Å². The Morgan fingerprint density at radius 1 is 1.29 bits per heavy atom. The standard InChI is InChI=1S/C18H27N3/c1-4-21-11-7-8-15(13-21)19-12-18-14(2)16-9-5-6-10-17(16)20(18)3/h5-6,9-10,15,19H,4,7-8,11-13H2,1-3H3. The molecule has 3 heteroatoms. The van der Waals surface area contributed by atoms with Crippen molar-refractivity contribution in [3.8, 4) is 0 Å². The van der Waals surface area contributed by atoms with E-state index in [4.69, 9.17) is 0 Å². The lowest BCUT2D eigenvalue weighted by atomic mass is 10.1. The van der Waals surface area contributed by atoms with E-state index in [2.05, 4.69) is 59.9 Å². The summed E-state index contributed by atoms with van der Waals surface area (Å²) in [5.41, 5.74) is 4.18. The van der Waals surface area contributed by atoms with Gasteiger partial charge in [-0.1, -0.05) is 25.1 Å². The molecule has 0 spiro atoms. The Bertz CT molecular complexity index is 575. The molecule has 1 N–H and O–H groups in total. The number of aryl methyl sites for hydroxylation is 2. The first-order valence-corrected chi connectivity index (χ1v) is 8.19. The molecule has 1 aromatic carbocycles. The van der Waals surface area contributed by atoms with Crippen LogP contribution in [0.5, 0.6) is 0 Å². The summed E-state index contributed by atoms with van der Waals surface area (Å²) in [4.78, 5) is 2.55. The summed E-state index contributed by atoms with van der Waals surface area (Å²) in [5, 5.41) is 5.17. The van der Waals surface area contributed by atoms with E-state index in [0.717, 1.165) is 6.54 Å². The molecule has 1 unspecified atom stereocenters. The van der Waals surface area contributed by atoms with Crippen LogP contribution in [0.4, 0.5) is 0 Å². The molecule has 3 nitrogen and oxygen atoms in total. The van der Waals surface area contributed by atoms with Crippen LogP contribution < -0.4 is 5.32 Å². The van der Waals surface area contributed by atoms with E-state index >= 15 is 0 Å². The zero-order valence-corrected chi connectivity index (χ0v) is 13.5. The normalized spacial score (nSPS) is 20.2. The number of piperidine rings is 1. The van der Waals surface area contributed by atoms with Crippen LogP contribution in [0.25, 0.3) is 10.9 Å². The van der Waals surface area contributed by atoms with Crippen LogP contribution in [-0.2, 0) is 13.6 Å². The van der Waals surface area contributed by atoms with Gasteiger partial charge in [-0.3, -0.25) is 0 Å². The molecule has 1 atom stereocenters. The number of aromatic nitrogens is 1. The number of likely N-dealkylation sites (N-methyl/N-ethyl adjacent to an activating group) is 1. The van der Waals surface area contributed by atoms with Crippen LogP contribution >= 0.6 is 0 Å². The molecule has 1 aliphatic heterocycles. The van der Waals surface area contributed by atoms with Crippen LogP contribution in [0.3, 0.4) is 0 Å². The van der Waals surface area contributed by atoms with Crippen molar-refractivity contribution in [2.75, 3.05) is 19.6 Å².